The number of hydrogen-bond acceptors (Lipinski definition) is 4. The summed E-state index contributed by atoms with van der Waals surface area (Å²) in [7, 11) is 1.61. The van der Waals surface area contributed by atoms with E-state index in [9.17, 15) is 9.59 Å². The van der Waals surface area contributed by atoms with Crippen molar-refractivity contribution in [1.82, 2.24) is 5.32 Å². The van der Waals surface area contributed by atoms with Crippen LogP contribution in [-0.4, -0.2) is 31.2 Å². The SMILES string of the molecule is COc1cccc(CNC(=O)CN2C(=O)[C@H]3CCCC3=Nc3cc(C)c(C)cc32)c1. The third-order valence-corrected chi connectivity index (χ3v) is 5.96. The highest BCUT2D eigenvalue weighted by Gasteiger charge is 2.37. The maximum atomic E-state index is 13.3. The molecule has 0 unspecified atom stereocenters. The molecule has 156 valence electrons. The van der Waals surface area contributed by atoms with Crippen LogP contribution in [0.3, 0.4) is 0 Å². The first-order chi connectivity index (χ1) is 14.5. The average molecular weight is 405 g/mol. The summed E-state index contributed by atoms with van der Waals surface area (Å²) in [4.78, 5) is 32.6. The topological polar surface area (TPSA) is 71.0 Å². The average Bonchev–Trinajstić information content (AvgIpc) is 3.17. The van der Waals surface area contributed by atoms with Gasteiger partial charge in [0.1, 0.15) is 12.3 Å². The van der Waals surface area contributed by atoms with E-state index < -0.39 is 0 Å². The summed E-state index contributed by atoms with van der Waals surface area (Å²) < 4.78 is 5.23. The van der Waals surface area contributed by atoms with Crippen LogP contribution in [0.15, 0.2) is 41.4 Å². The maximum absolute atomic E-state index is 13.3. The summed E-state index contributed by atoms with van der Waals surface area (Å²) in [6.07, 6.45) is 2.61. The molecule has 2 aliphatic rings. The van der Waals surface area contributed by atoms with Gasteiger partial charge in [-0.1, -0.05) is 12.1 Å². The number of hydrogen-bond donors (Lipinski definition) is 1. The van der Waals surface area contributed by atoms with Crippen molar-refractivity contribution in [2.24, 2.45) is 10.9 Å². The number of nitrogens with zero attached hydrogens (tertiary/aromatic N) is 2. The quantitative estimate of drug-likeness (QED) is 0.821. The molecule has 6 nitrogen and oxygen atoms in total. The Labute approximate surface area is 176 Å². The smallest absolute Gasteiger partial charge is 0.240 e. The monoisotopic (exact) mass is 405 g/mol. The van der Waals surface area contributed by atoms with Crippen molar-refractivity contribution in [3.8, 4) is 5.75 Å². The predicted octanol–water partition coefficient (Wildman–Crippen LogP) is 3.85. The van der Waals surface area contributed by atoms with Gasteiger partial charge in [0.05, 0.1) is 24.4 Å². The van der Waals surface area contributed by atoms with Crippen LogP contribution < -0.4 is 15.0 Å². The summed E-state index contributed by atoms with van der Waals surface area (Å²) >= 11 is 0. The molecule has 1 heterocycles. The van der Waals surface area contributed by atoms with Crippen LogP contribution in [0.1, 0.15) is 36.0 Å². The van der Waals surface area contributed by atoms with Gasteiger partial charge in [-0.3, -0.25) is 14.6 Å². The van der Waals surface area contributed by atoms with E-state index in [0.29, 0.717) is 6.54 Å². The first-order valence-electron chi connectivity index (χ1n) is 10.4. The Bertz CT molecular complexity index is 1030. The fourth-order valence-corrected chi connectivity index (χ4v) is 4.13. The number of aliphatic imine (C=N–C) groups is 1. The van der Waals surface area contributed by atoms with Gasteiger partial charge in [0.15, 0.2) is 0 Å². The summed E-state index contributed by atoms with van der Waals surface area (Å²) in [5.74, 6) is 0.306. The van der Waals surface area contributed by atoms with Gasteiger partial charge in [0.2, 0.25) is 11.8 Å². The molecule has 0 bridgehead atoms. The highest BCUT2D eigenvalue weighted by atomic mass is 16.5. The van der Waals surface area contributed by atoms with Gasteiger partial charge in [0.25, 0.3) is 0 Å². The van der Waals surface area contributed by atoms with Crippen LogP contribution >= 0.6 is 0 Å². The van der Waals surface area contributed by atoms with Gasteiger partial charge in [-0.15, -0.1) is 0 Å². The minimum atomic E-state index is -0.218. The van der Waals surface area contributed by atoms with Crippen molar-refractivity contribution in [2.75, 3.05) is 18.6 Å². The van der Waals surface area contributed by atoms with Crippen LogP contribution in [0.5, 0.6) is 5.75 Å². The van der Waals surface area contributed by atoms with Crippen LogP contribution in [0, 0.1) is 19.8 Å². The van der Waals surface area contributed by atoms with E-state index in [1.54, 1.807) is 12.0 Å². The zero-order chi connectivity index (χ0) is 21.3. The van der Waals surface area contributed by atoms with Gasteiger partial charge < -0.3 is 15.0 Å². The molecule has 2 aromatic carbocycles. The lowest BCUT2D eigenvalue weighted by atomic mass is 10.0. The lowest BCUT2D eigenvalue weighted by Crippen LogP contribution is -2.43. The van der Waals surface area contributed by atoms with Gasteiger partial charge in [-0.2, -0.15) is 0 Å². The first kappa shape index (κ1) is 20.1. The molecule has 1 fully saturated rings. The van der Waals surface area contributed by atoms with Gasteiger partial charge >= 0.3 is 0 Å². The van der Waals surface area contributed by atoms with Crippen molar-refractivity contribution in [1.29, 1.82) is 0 Å². The number of aryl methyl sites for hydroxylation is 2. The molecule has 1 N–H and O–H groups in total. The number of carbonyl (C=O) groups is 2. The van der Waals surface area contributed by atoms with E-state index in [1.165, 1.54) is 0 Å². The molecule has 1 aliphatic carbocycles. The van der Waals surface area contributed by atoms with Crippen molar-refractivity contribution in [2.45, 2.75) is 39.7 Å². The molecular formula is C24H27N3O3. The fraction of sp³-hybridized carbons (Fsp3) is 0.375. The lowest BCUT2D eigenvalue weighted by molar-refractivity contribution is -0.124. The highest BCUT2D eigenvalue weighted by Crippen LogP contribution is 2.39. The van der Waals surface area contributed by atoms with E-state index in [-0.39, 0.29) is 24.3 Å². The molecule has 1 saturated carbocycles. The number of benzene rings is 2. The Kier molecular flexibility index (Phi) is 5.57. The number of anilines is 1. The van der Waals surface area contributed by atoms with Crippen molar-refractivity contribution < 1.29 is 14.3 Å². The number of methoxy groups -OCH3 is 1. The van der Waals surface area contributed by atoms with Crippen LogP contribution in [0.2, 0.25) is 0 Å². The summed E-state index contributed by atoms with van der Waals surface area (Å²) in [5, 5.41) is 2.93. The summed E-state index contributed by atoms with van der Waals surface area (Å²) in [5.41, 5.74) is 5.61. The largest absolute Gasteiger partial charge is 0.497 e. The summed E-state index contributed by atoms with van der Waals surface area (Å²) in [6.45, 7) is 4.42. The normalized spacial score (nSPS) is 17.7. The van der Waals surface area contributed by atoms with E-state index in [2.05, 4.69) is 5.32 Å². The number of fused-ring (bicyclic) bond motifs is 2. The minimum Gasteiger partial charge on any atom is -0.497 e. The molecule has 0 spiro atoms. The van der Waals surface area contributed by atoms with Crippen molar-refractivity contribution in [3.63, 3.8) is 0 Å². The molecule has 0 saturated heterocycles. The number of rotatable bonds is 5. The second kappa shape index (κ2) is 8.30. The number of nitrogens with one attached hydrogen (secondary N) is 1. The zero-order valence-corrected chi connectivity index (χ0v) is 17.7. The Morgan fingerprint density at radius 3 is 2.83 bits per heavy atom. The minimum absolute atomic E-state index is 0.0163. The van der Waals surface area contributed by atoms with E-state index in [1.807, 2.05) is 50.2 Å². The van der Waals surface area contributed by atoms with Crippen molar-refractivity contribution in [3.05, 3.63) is 53.1 Å². The molecule has 1 aliphatic heterocycles. The number of ether oxygens (including phenoxy) is 1. The predicted molar refractivity (Wildman–Crippen MR) is 118 cm³/mol. The van der Waals surface area contributed by atoms with Gasteiger partial charge in [-0.25, -0.2) is 0 Å². The van der Waals surface area contributed by atoms with Crippen LogP contribution in [0.25, 0.3) is 0 Å². The van der Waals surface area contributed by atoms with E-state index in [0.717, 1.165) is 58.8 Å². The molecule has 0 radical (unpaired) electrons. The number of carbonyl (C=O) groups excluding carboxylic acids is 2. The standard InChI is InChI=1S/C24H27N3O3/c1-15-10-21-22(11-16(15)2)27(24(29)19-8-5-9-20(19)26-21)14-23(28)25-13-17-6-4-7-18(12-17)30-3/h4,6-7,10-12,19H,5,8-9,13-14H2,1-3H3,(H,25,28)/t19-/m0/s1. The molecule has 4 rings (SSSR count). The molecule has 2 aromatic rings. The Balaban J connectivity index is 1.56. The second-order valence-corrected chi connectivity index (χ2v) is 8.03. The molecule has 6 heteroatoms. The maximum Gasteiger partial charge on any atom is 0.240 e. The molecular weight excluding hydrogens is 378 g/mol. The molecule has 0 aromatic heterocycles. The number of amides is 2. The Morgan fingerprint density at radius 2 is 2.03 bits per heavy atom. The van der Waals surface area contributed by atoms with Crippen molar-refractivity contribution >= 4 is 28.9 Å². The van der Waals surface area contributed by atoms with Crippen LogP contribution in [-0.2, 0) is 16.1 Å². The van der Waals surface area contributed by atoms with Gasteiger partial charge in [-0.05, 0) is 74.1 Å². The zero-order valence-electron chi connectivity index (χ0n) is 17.7. The third-order valence-electron chi connectivity index (χ3n) is 5.96. The first-order valence-corrected chi connectivity index (χ1v) is 10.4. The highest BCUT2D eigenvalue weighted by molar-refractivity contribution is 6.16. The fourth-order valence-electron chi connectivity index (χ4n) is 4.13. The molecule has 30 heavy (non-hydrogen) atoms. The second-order valence-electron chi connectivity index (χ2n) is 8.03. The Morgan fingerprint density at radius 1 is 1.23 bits per heavy atom. The van der Waals surface area contributed by atoms with E-state index in [4.69, 9.17) is 9.73 Å². The Hall–Kier alpha value is -3.15. The van der Waals surface area contributed by atoms with E-state index >= 15 is 0 Å². The lowest BCUT2D eigenvalue weighted by Gasteiger charge is -2.25. The summed E-state index contributed by atoms with van der Waals surface area (Å²) in [6, 6.07) is 11.6. The molecule has 2 amide bonds. The third kappa shape index (κ3) is 3.95. The molecule has 1 atom stereocenters. The van der Waals surface area contributed by atoms with Crippen LogP contribution in [0.4, 0.5) is 11.4 Å². The van der Waals surface area contributed by atoms with Gasteiger partial charge in [0, 0.05) is 12.3 Å².